The fourth-order valence-electron chi connectivity index (χ4n) is 3.59. The standard InChI is InChI=1S/C12H28N2Si/c1-5-8-12-10-7-9-11(6-2)15(12,13-3)14-4/h11-14H,5-10H2,1-4H3. The molecule has 1 fully saturated rings. The molecule has 2 N–H and O–H groups in total. The summed E-state index contributed by atoms with van der Waals surface area (Å²) in [5.74, 6) is 0. The molecule has 3 heteroatoms. The maximum absolute atomic E-state index is 3.73. The van der Waals surface area contributed by atoms with Crippen molar-refractivity contribution in [1.82, 2.24) is 9.96 Å². The molecule has 1 aliphatic rings. The second-order valence-electron chi connectivity index (χ2n) is 4.89. The van der Waals surface area contributed by atoms with E-state index < -0.39 is 8.40 Å². The summed E-state index contributed by atoms with van der Waals surface area (Å²) in [6.07, 6.45) is 8.40. The molecule has 0 amide bonds. The zero-order valence-electron chi connectivity index (χ0n) is 10.9. The van der Waals surface area contributed by atoms with Crippen molar-refractivity contribution in [3.8, 4) is 0 Å². The third-order valence-electron chi connectivity index (χ3n) is 4.35. The van der Waals surface area contributed by atoms with E-state index in [0.29, 0.717) is 0 Å². The van der Waals surface area contributed by atoms with Crippen LogP contribution in [0.3, 0.4) is 0 Å². The minimum Gasteiger partial charge on any atom is -0.328 e. The van der Waals surface area contributed by atoms with Gasteiger partial charge in [0.2, 0.25) is 8.40 Å². The third kappa shape index (κ3) is 2.45. The van der Waals surface area contributed by atoms with Crippen molar-refractivity contribution in [3.63, 3.8) is 0 Å². The zero-order chi connectivity index (χ0) is 11.3. The lowest BCUT2D eigenvalue weighted by atomic mass is 10.1. The molecule has 0 aromatic carbocycles. The molecule has 0 aliphatic carbocycles. The molecule has 15 heavy (non-hydrogen) atoms. The van der Waals surface area contributed by atoms with Gasteiger partial charge >= 0.3 is 0 Å². The van der Waals surface area contributed by atoms with Crippen LogP contribution < -0.4 is 9.96 Å². The summed E-state index contributed by atoms with van der Waals surface area (Å²) in [7, 11) is 2.95. The third-order valence-corrected chi connectivity index (χ3v) is 9.86. The summed E-state index contributed by atoms with van der Waals surface area (Å²) >= 11 is 0. The highest BCUT2D eigenvalue weighted by Crippen LogP contribution is 2.44. The monoisotopic (exact) mass is 228 g/mol. The molecule has 0 radical (unpaired) electrons. The van der Waals surface area contributed by atoms with Crippen molar-refractivity contribution in [2.45, 2.75) is 63.5 Å². The van der Waals surface area contributed by atoms with Crippen molar-refractivity contribution in [3.05, 3.63) is 0 Å². The molecule has 0 aromatic heterocycles. The molecule has 0 bridgehead atoms. The SMILES string of the molecule is CCCC1CCCC(CC)[Si]1(NC)NC. The van der Waals surface area contributed by atoms with Crippen molar-refractivity contribution in [2.24, 2.45) is 0 Å². The first-order valence-corrected chi connectivity index (χ1v) is 8.78. The Labute approximate surface area is 96.4 Å². The summed E-state index contributed by atoms with van der Waals surface area (Å²) in [6.45, 7) is 4.68. The van der Waals surface area contributed by atoms with Crippen molar-refractivity contribution < 1.29 is 0 Å². The smallest absolute Gasteiger partial charge is 0.207 e. The van der Waals surface area contributed by atoms with Crippen LogP contribution in [0.25, 0.3) is 0 Å². The van der Waals surface area contributed by atoms with Gasteiger partial charge in [-0.25, -0.2) is 0 Å². The van der Waals surface area contributed by atoms with E-state index in [1.165, 1.54) is 38.5 Å². The van der Waals surface area contributed by atoms with Crippen LogP contribution in [0.2, 0.25) is 11.1 Å². The van der Waals surface area contributed by atoms with E-state index in [0.717, 1.165) is 11.1 Å². The fraction of sp³-hybridized carbons (Fsp3) is 1.00. The molecule has 0 aromatic rings. The van der Waals surface area contributed by atoms with Crippen molar-refractivity contribution in [1.29, 1.82) is 0 Å². The van der Waals surface area contributed by atoms with Gasteiger partial charge in [0.25, 0.3) is 0 Å². The zero-order valence-corrected chi connectivity index (χ0v) is 11.9. The van der Waals surface area contributed by atoms with Gasteiger partial charge in [0, 0.05) is 0 Å². The molecule has 1 heterocycles. The highest BCUT2D eigenvalue weighted by atomic mass is 28.3. The van der Waals surface area contributed by atoms with Crippen LogP contribution in [0.1, 0.15) is 52.4 Å². The molecule has 2 atom stereocenters. The first-order chi connectivity index (χ1) is 7.25. The van der Waals surface area contributed by atoms with Gasteiger partial charge in [-0.2, -0.15) is 0 Å². The minimum atomic E-state index is -1.41. The van der Waals surface area contributed by atoms with E-state index >= 15 is 0 Å². The van der Waals surface area contributed by atoms with Crippen LogP contribution in [0.15, 0.2) is 0 Å². The molecule has 0 spiro atoms. The molecule has 90 valence electrons. The van der Waals surface area contributed by atoms with Gasteiger partial charge in [-0.3, -0.25) is 0 Å². The average molecular weight is 228 g/mol. The molecular weight excluding hydrogens is 200 g/mol. The van der Waals surface area contributed by atoms with E-state index in [-0.39, 0.29) is 0 Å². The van der Waals surface area contributed by atoms with Gasteiger partial charge in [-0.05, 0) is 25.2 Å². The molecule has 1 aliphatic heterocycles. The second-order valence-corrected chi connectivity index (χ2v) is 9.26. The molecule has 1 saturated heterocycles. The van der Waals surface area contributed by atoms with Crippen LogP contribution in [0, 0.1) is 0 Å². The second kappa shape index (κ2) is 6.02. The minimum absolute atomic E-state index is 0.929. The molecule has 0 saturated carbocycles. The van der Waals surface area contributed by atoms with E-state index in [1.807, 2.05) is 0 Å². The molecule has 2 unspecified atom stereocenters. The lowest BCUT2D eigenvalue weighted by Gasteiger charge is -2.47. The Morgan fingerprint density at radius 1 is 1.07 bits per heavy atom. The largest absolute Gasteiger partial charge is 0.328 e. The average Bonchev–Trinajstić information content (AvgIpc) is 2.29. The number of nitrogens with one attached hydrogen (secondary N) is 2. The summed E-state index contributed by atoms with van der Waals surface area (Å²) in [6, 6.07) is 0. The van der Waals surface area contributed by atoms with E-state index in [4.69, 9.17) is 0 Å². The lowest BCUT2D eigenvalue weighted by Crippen LogP contribution is -2.67. The van der Waals surface area contributed by atoms with Crippen LogP contribution in [0.4, 0.5) is 0 Å². The normalized spacial score (nSPS) is 30.4. The Morgan fingerprint density at radius 3 is 2.13 bits per heavy atom. The first kappa shape index (κ1) is 13.2. The summed E-state index contributed by atoms with van der Waals surface area (Å²) in [5.41, 5.74) is 1.87. The van der Waals surface area contributed by atoms with E-state index in [1.54, 1.807) is 0 Å². The summed E-state index contributed by atoms with van der Waals surface area (Å²) in [4.78, 5) is 7.46. The topological polar surface area (TPSA) is 24.1 Å². The predicted octanol–water partition coefficient (Wildman–Crippen LogP) is 3.00. The first-order valence-electron chi connectivity index (χ1n) is 6.62. The van der Waals surface area contributed by atoms with Crippen LogP contribution in [-0.2, 0) is 0 Å². The predicted molar refractivity (Wildman–Crippen MR) is 70.4 cm³/mol. The van der Waals surface area contributed by atoms with Gasteiger partial charge < -0.3 is 9.96 Å². The van der Waals surface area contributed by atoms with Crippen LogP contribution >= 0.6 is 0 Å². The number of hydrogen-bond acceptors (Lipinski definition) is 2. The quantitative estimate of drug-likeness (QED) is 0.707. The van der Waals surface area contributed by atoms with Gasteiger partial charge in [0.05, 0.1) is 0 Å². The molecular formula is C12H28N2Si. The number of rotatable bonds is 5. The Morgan fingerprint density at radius 2 is 1.67 bits per heavy atom. The van der Waals surface area contributed by atoms with E-state index in [9.17, 15) is 0 Å². The van der Waals surface area contributed by atoms with Gasteiger partial charge in [-0.1, -0.05) is 52.4 Å². The highest BCUT2D eigenvalue weighted by Gasteiger charge is 2.47. The van der Waals surface area contributed by atoms with Gasteiger partial charge in [0.15, 0.2) is 0 Å². The van der Waals surface area contributed by atoms with Gasteiger partial charge in [0.1, 0.15) is 0 Å². The molecule has 1 rings (SSSR count). The Bertz CT molecular complexity index is 178. The van der Waals surface area contributed by atoms with Gasteiger partial charge in [-0.15, -0.1) is 0 Å². The summed E-state index contributed by atoms with van der Waals surface area (Å²) < 4.78 is 0. The Balaban J connectivity index is 2.83. The Hall–Kier alpha value is 0.137. The summed E-state index contributed by atoms with van der Waals surface area (Å²) in [5, 5.41) is 0. The van der Waals surface area contributed by atoms with Crippen LogP contribution in [0.5, 0.6) is 0 Å². The van der Waals surface area contributed by atoms with Crippen molar-refractivity contribution >= 4 is 8.40 Å². The maximum Gasteiger partial charge on any atom is 0.207 e. The van der Waals surface area contributed by atoms with Crippen molar-refractivity contribution in [2.75, 3.05) is 14.1 Å². The molecule has 2 nitrogen and oxygen atoms in total. The lowest BCUT2D eigenvalue weighted by molar-refractivity contribution is 0.484. The maximum atomic E-state index is 3.73. The van der Waals surface area contributed by atoms with E-state index in [2.05, 4.69) is 37.9 Å². The van der Waals surface area contributed by atoms with Crippen LogP contribution in [-0.4, -0.2) is 22.5 Å². The fourth-order valence-corrected chi connectivity index (χ4v) is 8.84. The Kier molecular flexibility index (Phi) is 5.30. The highest BCUT2D eigenvalue weighted by molar-refractivity contribution is 6.78. The number of hydrogen-bond donors (Lipinski definition) is 2.